The van der Waals surface area contributed by atoms with Gasteiger partial charge in [-0.25, -0.2) is 0 Å². The summed E-state index contributed by atoms with van der Waals surface area (Å²) < 4.78 is 0. The molecule has 0 saturated heterocycles. The number of hydrogen-bond acceptors (Lipinski definition) is 5. The number of thiol groups is 2. The first-order valence-corrected chi connectivity index (χ1v) is 9.02. The fraction of sp³-hybridized carbons (Fsp3) is 1.00. The highest BCUT2D eigenvalue weighted by Gasteiger charge is 1.91. The molecule has 0 rings (SSSR count). The Morgan fingerprint density at radius 3 is 1.32 bits per heavy atom. The van der Waals surface area contributed by atoms with Crippen molar-refractivity contribution in [3.8, 4) is 0 Å². The molecule has 3 N–H and O–H groups in total. The average Bonchev–Trinajstić information content (AvgIpc) is 2.43. The maximum atomic E-state index is 4.21. The van der Waals surface area contributed by atoms with Crippen LogP contribution in [0.3, 0.4) is 0 Å². The zero-order chi connectivity index (χ0) is 14.0. The van der Waals surface area contributed by atoms with Crippen LogP contribution in [0.25, 0.3) is 0 Å². The number of unbranched alkanes of at least 4 members (excludes halogenated alkanes) is 2. The third-order valence-corrected chi connectivity index (χ3v) is 3.57. The monoisotopic (exact) mass is 307 g/mol. The van der Waals surface area contributed by atoms with Crippen LogP contribution in [0.4, 0.5) is 0 Å². The van der Waals surface area contributed by atoms with E-state index in [1.54, 1.807) is 0 Å². The Labute approximate surface area is 130 Å². The van der Waals surface area contributed by atoms with Crippen LogP contribution in [0.5, 0.6) is 0 Å². The van der Waals surface area contributed by atoms with Crippen LogP contribution in [0.2, 0.25) is 0 Å². The van der Waals surface area contributed by atoms with Gasteiger partial charge in [0, 0.05) is 0 Å². The van der Waals surface area contributed by atoms with Gasteiger partial charge in [0.05, 0.1) is 0 Å². The lowest BCUT2D eigenvalue weighted by Gasteiger charge is -2.07. The molecule has 3 nitrogen and oxygen atoms in total. The predicted octanol–water partition coefficient (Wildman–Crippen LogP) is 1.96. The van der Waals surface area contributed by atoms with E-state index < -0.39 is 0 Å². The predicted molar refractivity (Wildman–Crippen MR) is 94.0 cm³/mol. The summed E-state index contributed by atoms with van der Waals surface area (Å²) in [6, 6.07) is 0. The molecule has 0 radical (unpaired) electrons. The molecule has 0 amide bonds. The van der Waals surface area contributed by atoms with Crippen molar-refractivity contribution in [3.63, 3.8) is 0 Å². The molecule has 0 atom stereocenters. The normalized spacial score (nSPS) is 11.1. The van der Waals surface area contributed by atoms with E-state index in [0.717, 1.165) is 57.2 Å². The van der Waals surface area contributed by atoms with Gasteiger partial charge in [0.1, 0.15) is 0 Å². The molecule has 0 aromatic carbocycles. The topological polar surface area (TPSA) is 36.1 Å². The van der Waals surface area contributed by atoms with Crippen LogP contribution in [0.15, 0.2) is 0 Å². The van der Waals surface area contributed by atoms with Gasteiger partial charge in [-0.1, -0.05) is 6.42 Å². The summed E-state index contributed by atoms with van der Waals surface area (Å²) in [7, 11) is 0. The molecule has 5 heteroatoms. The molecule has 0 bridgehead atoms. The third-order valence-electron chi connectivity index (χ3n) is 2.94. The van der Waals surface area contributed by atoms with E-state index >= 15 is 0 Å². The van der Waals surface area contributed by atoms with Crippen molar-refractivity contribution >= 4 is 25.3 Å². The smallest absolute Gasteiger partial charge is 0.00368 e. The van der Waals surface area contributed by atoms with Gasteiger partial charge in [-0.15, -0.1) is 0 Å². The van der Waals surface area contributed by atoms with Crippen LogP contribution < -0.4 is 16.0 Å². The summed E-state index contributed by atoms with van der Waals surface area (Å²) in [4.78, 5) is 0. The highest BCUT2D eigenvalue weighted by Crippen LogP contribution is 1.94. The molecule has 0 aliphatic heterocycles. The van der Waals surface area contributed by atoms with Crippen molar-refractivity contribution < 1.29 is 0 Å². The second-order valence-electron chi connectivity index (χ2n) is 4.82. The lowest BCUT2D eigenvalue weighted by atomic mass is 10.2. The lowest BCUT2D eigenvalue weighted by Crippen LogP contribution is -2.26. The fourth-order valence-electron chi connectivity index (χ4n) is 1.79. The molecule has 116 valence electrons. The summed E-state index contributed by atoms with van der Waals surface area (Å²) in [5.41, 5.74) is 0. The van der Waals surface area contributed by atoms with Crippen LogP contribution in [-0.4, -0.2) is 50.8 Å². The van der Waals surface area contributed by atoms with E-state index in [2.05, 4.69) is 41.2 Å². The molecule has 19 heavy (non-hydrogen) atoms. The van der Waals surface area contributed by atoms with E-state index in [1.807, 2.05) is 0 Å². The largest absolute Gasteiger partial charge is 0.317 e. The molecular formula is C14H33N3S2. The Morgan fingerprint density at radius 2 is 0.842 bits per heavy atom. The van der Waals surface area contributed by atoms with Gasteiger partial charge in [0.25, 0.3) is 0 Å². The maximum absolute atomic E-state index is 4.21. The second kappa shape index (κ2) is 18.6. The van der Waals surface area contributed by atoms with Crippen molar-refractivity contribution in [2.24, 2.45) is 0 Å². The molecule has 0 spiro atoms. The summed E-state index contributed by atoms with van der Waals surface area (Å²) in [6.45, 7) is 6.75. The van der Waals surface area contributed by atoms with Gasteiger partial charge in [0.15, 0.2) is 0 Å². The van der Waals surface area contributed by atoms with Gasteiger partial charge < -0.3 is 16.0 Å². The first-order valence-electron chi connectivity index (χ1n) is 7.75. The first kappa shape index (κ1) is 19.6. The zero-order valence-corrected chi connectivity index (χ0v) is 14.1. The standard InChI is InChI=1S/C14H33N3S2/c18-13-3-1-2-7-15-8-4-9-16-10-5-11-17-12-6-14-19/h15-19H,1-14H2. The van der Waals surface area contributed by atoms with Gasteiger partial charge >= 0.3 is 0 Å². The minimum absolute atomic E-state index is 0.979. The maximum Gasteiger partial charge on any atom is -0.00368 e. The average molecular weight is 308 g/mol. The van der Waals surface area contributed by atoms with E-state index in [4.69, 9.17) is 0 Å². The van der Waals surface area contributed by atoms with E-state index in [0.29, 0.717) is 0 Å². The van der Waals surface area contributed by atoms with Crippen molar-refractivity contribution in [2.75, 3.05) is 50.8 Å². The number of hydrogen-bond donors (Lipinski definition) is 5. The molecule has 0 aliphatic carbocycles. The van der Waals surface area contributed by atoms with Crippen LogP contribution in [0.1, 0.15) is 38.5 Å². The summed E-state index contributed by atoms with van der Waals surface area (Å²) >= 11 is 8.39. The fourth-order valence-corrected chi connectivity index (χ4v) is 2.18. The number of nitrogens with one attached hydrogen (secondary N) is 3. The summed E-state index contributed by atoms with van der Waals surface area (Å²) in [5.74, 6) is 2.00. The van der Waals surface area contributed by atoms with E-state index in [-0.39, 0.29) is 0 Å². The minimum Gasteiger partial charge on any atom is -0.317 e. The van der Waals surface area contributed by atoms with E-state index in [9.17, 15) is 0 Å². The third kappa shape index (κ3) is 18.6. The Hall–Kier alpha value is 0.580. The molecule has 0 saturated carbocycles. The van der Waals surface area contributed by atoms with Crippen molar-refractivity contribution in [3.05, 3.63) is 0 Å². The molecular weight excluding hydrogens is 274 g/mol. The van der Waals surface area contributed by atoms with E-state index in [1.165, 1.54) is 32.1 Å². The van der Waals surface area contributed by atoms with Gasteiger partial charge in [-0.05, 0) is 82.9 Å². The molecule has 0 heterocycles. The molecule has 0 aliphatic rings. The van der Waals surface area contributed by atoms with Crippen molar-refractivity contribution in [1.29, 1.82) is 0 Å². The molecule has 0 aromatic rings. The van der Waals surface area contributed by atoms with Gasteiger partial charge in [-0.2, -0.15) is 25.3 Å². The van der Waals surface area contributed by atoms with Crippen LogP contribution >= 0.6 is 25.3 Å². The molecule has 0 fully saturated rings. The lowest BCUT2D eigenvalue weighted by molar-refractivity contribution is 0.555. The van der Waals surface area contributed by atoms with Gasteiger partial charge in [-0.3, -0.25) is 0 Å². The van der Waals surface area contributed by atoms with Gasteiger partial charge in [0.2, 0.25) is 0 Å². The highest BCUT2D eigenvalue weighted by molar-refractivity contribution is 7.80. The van der Waals surface area contributed by atoms with Crippen LogP contribution in [0, 0.1) is 0 Å². The summed E-state index contributed by atoms with van der Waals surface area (Å²) in [6.07, 6.45) is 7.43. The second-order valence-corrected chi connectivity index (χ2v) is 5.71. The minimum atomic E-state index is 0.979. The Bertz CT molecular complexity index is 144. The zero-order valence-electron chi connectivity index (χ0n) is 12.3. The number of rotatable bonds is 16. The van der Waals surface area contributed by atoms with Crippen molar-refractivity contribution in [2.45, 2.75) is 38.5 Å². The Kier molecular flexibility index (Phi) is 19.1. The highest BCUT2D eigenvalue weighted by atomic mass is 32.1. The Balaban J connectivity index is 2.88. The van der Waals surface area contributed by atoms with Crippen LogP contribution in [-0.2, 0) is 0 Å². The SMILES string of the molecule is SCCCCCNCCCNCCCNCCCS. The molecule has 0 unspecified atom stereocenters. The summed E-state index contributed by atoms with van der Waals surface area (Å²) in [5, 5.41) is 10.4. The van der Waals surface area contributed by atoms with Crippen molar-refractivity contribution in [1.82, 2.24) is 16.0 Å². The Morgan fingerprint density at radius 1 is 0.421 bits per heavy atom. The quantitative estimate of drug-likeness (QED) is 0.223. The first-order chi connectivity index (χ1) is 9.41. The molecule has 0 aromatic heterocycles.